The number of halogens is 5. The highest BCUT2D eigenvalue weighted by Gasteiger charge is 2.66. The van der Waals surface area contributed by atoms with Crippen LogP contribution in [0.5, 0.6) is 5.75 Å². The van der Waals surface area contributed by atoms with E-state index in [9.17, 15) is 46.8 Å². The molecule has 0 aliphatic carbocycles. The third-order valence-electron chi connectivity index (χ3n) is 4.79. The van der Waals surface area contributed by atoms with Gasteiger partial charge in [-0.15, -0.1) is 0 Å². The second-order valence-corrected chi connectivity index (χ2v) is 6.78. The normalized spacial score (nSPS) is 22.9. The average molecular weight is 476 g/mol. The quantitative estimate of drug-likeness (QED) is 0.252. The Kier molecular flexibility index (Phi) is 6.18. The largest absolute Gasteiger partial charge is 0.437 e. The molecule has 3 atom stereocenters. The van der Waals surface area contributed by atoms with Crippen molar-refractivity contribution in [2.45, 2.75) is 24.6 Å². The van der Waals surface area contributed by atoms with Crippen LogP contribution in [0.15, 0.2) is 42.7 Å². The lowest BCUT2D eigenvalue weighted by atomic mass is 9.77. The maximum atomic E-state index is 13.9. The summed E-state index contributed by atoms with van der Waals surface area (Å²) >= 11 is 0. The molecule has 3 rings (SSSR count). The number of alkyl halides is 5. The van der Waals surface area contributed by atoms with Crippen molar-refractivity contribution in [1.29, 1.82) is 0 Å². The van der Waals surface area contributed by atoms with Crippen LogP contribution in [-0.2, 0) is 0 Å². The maximum Gasteiger partial charge on any atom is 0.437 e. The van der Waals surface area contributed by atoms with Crippen molar-refractivity contribution >= 4 is 17.5 Å². The molecule has 2 aromatic rings. The summed E-state index contributed by atoms with van der Waals surface area (Å²) in [5, 5.41) is 24.9. The fraction of sp³-hybridized carbons (Fsp3) is 0.278. The van der Waals surface area contributed by atoms with Gasteiger partial charge in [-0.3, -0.25) is 19.9 Å². The number of hydrogen-bond acceptors (Lipinski definition) is 7. The predicted molar refractivity (Wildman–Crippen MR) is 97.2 cm³/mol. The average Bonchev–Trinajstić information content (AvgIpc) is 2.72. The van der Waals surface area contributed by atoms with Gasteiger partial charge in [0.25, 0.3) is 5.69 Å². The van der Waals surface area contributed by atoms with E-state index in [1.807, 2.05) is 5.32 Å². The number of nitro groups is 1. The first-order valence-electron chi connectivity index (χ1n) is 8.90. The van der Waals surface area contributed by atoms with Crippen molar-refractivity contribution < 1.29 is 46.3 Å². The molecule has 1 fully saturated rings. The zero-order valence-corrected chi connectivity index (χ0v) is 16.0. The lowest BCUT2D eigenvalue weighted by molar-refractivity contribution is -0.385. The highest BCUT2D eigenvalue weighted by Crippen LogP contribution is 2.46. The Labute approximate surface area is 180 Å². The summed E-state index contributed by atoms with van der Waals surface area (Å²) in [4.78, 5) is 38.9. The Bertz CT molecular complexity index is 1080. The minimum Gasteiger partial charge on any atom is -0.434 e. The van der Waals surface area contributed by atoms with Gasteiger partial charge in [-0.2, -0.15) is 22.0 Å². The fourth-order valence-corrected chi connectivity index (χ4v) is 3.38. The van der Waals surface area contributed by atoms with Crippen LogP contribution in [0.3, 0.4) is 0 Å². The van der Waals surface area contributed by atoms with Crippen LogP contribution in [-0.4, -0.2) is 45.3 Å². The smallest absolute Gasteiger partial charge is 0.434 e. The van der Waals surface area contributed by atoms with E-state index in [0.29, 0.717) is 12.1 Å². The summed E-state index contributed by atoms with van der Waals surface area (Å²) in [6, 6.07) is 0.459. The molecular weight excluding hydrogens is 463 g/mol. The van der Waals surface area contributed by atoms with Gasteiger partial charge < -0.3 is 20.5 Å². The molecule has 1 saturated heterocycles. The number of carbonyl (C=O) groups excluding carboxylic acids is 2. The Morgan fingerprint density at radius 2 is 2.00 bits per heavy atom. The molecule has 2 amide bonds. The van der Waals surface area contributed by atoms with E-state index >= 15 is 0 Å². The van der Waals surface area contributed by atoms with Crippen LogP contribution >= 0.6 is 0 Å². The third-order valence-corrected chi connectivity index (χ3v) is 4.79. The minimum atomic E-state index is -5.63. The first-order chi connectivity index (χ1) is 15.3. The number of urea groups is 1. The first-order valence-corrected chi connectivity index (χ1v) is 8.90. The summed E-state index contributed by atoms with van der Waals surface area (Å²) in [7, 11) is 0. The molecule has 0 saturated carbocycles. The van der Waals surface area contributed by atoms with E-state index in [4.69, 9.17) is 0 Å². The van der Waals surface area contributed by atoms with Crippen molar-refractivity contribution in [1.82, 2.24) is 15.6 Å². The molecule has 33 heavy (non-hydrogen) atoms. The van der Waals surface area contributed by atoms with Crippen LogP contribution in [0.25, 0.3) is 0 Å². The Balaban J connectivity index is 2.27. The number of non-ortho nitro benzene ring substituents is 1. The van der Waals surface area contributed by atoms with Gasteiger partial charge in [0.05, 0.1) is 11.0 Å². The van der Waals surface area contributed by atoms with Crippen molar-refractivity contribution in [2.24, 2.45) is 5.92 Å². The van der Waals surface area contributed by atoms with E-state index in [-0.39, 0.29) is 0 Å². The summed E-state index contributed by atoms with van der Waals surface area (Å²) in [6.07, 6.45) is -3.53. The molecule has 0 unspecified atom stereocenters. The maximum absolute atomic E-state index is 13.9. The van der Waals surface area contributed by atoms with Crippen molar-refractivity contribution in [2.75, 3.05) is 0 Å². The molecule has 2 heterocycles. The number of nitro benzene ring substituents is 1. The Hall–Kier alpha value is -3.88. The SMILES string of the molecule is O=C1N[C@H](c2cc([N+](=O)[O-])ccc2OC(F)F)[C@H](C(=O)c2cccnc2)[C@@](O)(C(F)(F)F)N1. The van der Waals surface area contributed by atoms with Crippen LogP contribution in [0.1, 0.15) is 22.0 Å². The van der Waals surface area contributed by atoms with Crippen LogP contribution in [0.2, 0.25) is 0 Å². The number of aliphatic hydroxyl groups is 1. The number of amides is 2. The molecule has 10 nitrogen and oxygen atoms in total. The third kappa shape index (κ3) is 4.52. The summed E-state index contributed by atoms with van der Waals surface area (Å²) in [5.41, 5.74) is -6.12. The number of pyridine rings is 1. The van der Waals surface area contributed by atoms with Gasteiger partial charge in [0.15, 0.2) is 5.78 Å². The molecule has 0 radical (unpaired) electrons. The van der Waals surface area contributed by atoms with Crippen molar-refractivity contribution in [3.05, 3.63) is 64.0 Å². The number of ketones is 1. The molecule has 3 N–H and O–H groups in total. The van der Waals surface area contributed by atoms with Gasteiger partial charge in [0, 0.05) is 35.7 Å². The first kappa shape index (κ1) is 23.8. The molecular formula is C18H13F5N4O6. The zero-order valence-electron chi connectivity index (χ0n) is 16.0. The molecule has 1 aliphatic rings. The standard InChI is InChI=1S/C18H13F5N4O6/c19-15(20)33-11-4-3-9(27(31)32)6-10(11)13-12(14(28)8-2-1-5-24-7-8)17(30,18(21,22)23)26-16(29)25-13/h1-7,12-13,15,30H,(H2,25,26,29)/t12-,13-,17-/m1/s1. The number of rotatable bonds is 6. The number of nitrogens with one attached hydrogen (secondary N) is 2. The van der Waals surface area contributed by atoms with E-state index < -0.39 is 69.8 Å². The van der Waals surface area contributed by atoms with Crippen molar-refractivity contribution in [3.8, 4) is 5.75 Å². The van der Waals surface area contributed by atoms with Gasteiger partial charge in [0.2, 0.25) is 5.72 Å². The number of hydrogen-bond donors (Lipinski definition) is 3. The number of nitrogens with zero attached hydrogens (tertiary/aromatic N) is 2. The van der Waals surface area contributed by atoms with Crippen molar-refractivity contribution in [3.63, 3.8) is 0 Å². The van der Waals surface area contributed by atoms with E-state index in [0.717, 1.165) is 18.3 Å². The molecule has 0 bridgehead atoms. The van der Waals surface area contributed by atoms with Crippen LogP contribution in [0, 0.1) is 16.0 Å². The van der Waals surface area contributed by atoms with Gasteiger partial charge in [0.1, 0.15) is 11.7 Å². The fourth-order valence-electron chi connectivity index (χ4n) is 3.38. The monoisotopic (exact) mass is 476 g/mol. The lowest BCUT2D eigenvalue weighted by Crippen LogP contribution is -2.72. The van der Waals surface area contributed by atoms with Gasteiger partial charge in [-0.25, -0.2) is 4.79 Å². The molecule has 1 aromatic carbocycles. The van der Waals surface area contributed by atoms with E-state index in [2.05, 4.69) is 9.72 Å². The highest BCUT2D eigenvalue weighted by atomic mass is 19.4. The predicted octanol–water partition coefficient (Wildman–Crippen LogP) is 2.70. The summed E-state index contributed by atoms with van der Waals surface area (Å²) in [5.74, 6) is -4.87. The number of Topliss-reactive ketones (excluding diaryl/α,β-unsaturated/α-hetero) is 1. The summed E-state index contributed by atoms with van der Waals surface area (Å²) < 4.78 is 71.8. The van der Waals surface area contributed by atoms with E-state index in [1.165, 1.54) is 17.6 Å². The van der Waals surface area contributed by atoms with Crippen LogP contribution < -0.4 is 15.4 Å². The van der Waals surface area contributed by atoms with E-state index in [1.54, 1.807) is 0 Å². The highest BCUT2D eigenvalue weighted by molar-refractivity contribution is 6.00. The molecule has 1 aromatic heterocycles. The molecule has 176 valence electrons. The number of ether oxygens (including phenoxy) is 1. The van der Waals surface area contributed by atoms with Gasteiger partial charge >= 0.3 is 18.8 Å². The molecule has 15 heteroatoms. The lowest BCUT2D eigenvalue weighted by Gasteiger charge is -2.45. The molecule has 0 spiro atoms. The number of aromatic nitrogens is 1. The van der Waals surface area contributed by atoms with Gasteiger partial charge in [-0.1, -0.05) is 0 Å². The number of benzene rings is 1. The second kappa shape index (κ2) is 8.57. The van der Waals surface area contributed by atoms with Gasteiger partial charge in [-0.05, 0) is 18.2 Å². The zero-order chi connectivity index (χ0) is 24.6. The Morgan fingerprint density at radius 3 is 2.55 bits per heavy atom. The summed E-state index contributed by atoms with van der Waals surface area (Å²) in [6.45, 7) is -3.50. The Morgan fingerprint density at radius 1 is 1.30 bits per heavy atom. The molecule has 1 aliphatic heterocycles. The minimum absolute atomic E-state index is 0.421. The number of carbonyl (C=O) groups is 2. The van der Waals surface area contributed by atoms with Crippen LogP contribution in [0.4, 0.5) is 32.4 Å². The second-order valence-electron chi connectivity index (χ2n) is 6.78. The topological polar surface area (TPSA) is 144 Å².